The van der Waals surface area contributed by atoms with Gasteiger partial charge in [-0.1, -0.05) is 33.8 Å². The minimum Gasteiger partial charge on any atom is -0.325 e. The lowest BCUT2D eigenvalue weighted by molar-refractivity contribution is -0.113. The highest BCUT2D eigenvalue weighted by molar-refractivity contribution is 9.10. The first-order valence-corrected chi connectivity index (χ1v) is 9.41. The molecule has 1 N–H and O–H groups in total. The quantitative estimate of drug-likeness (QED) is 0.647. The largest absolute Gasteiger partial charge is 0.325 e. The highest BCUT2D eigenvalue weighted by Crippen LogP contribution is 2.26. The smallest absolute Gasteiger partial charge is 0.234 e. The summed E-state index contributed by atoms with van der Waals surface area (Å²) in [6.45, 7) is 0. The number of hydrogen-bond acceptors (Lipinski definition) is 5. The molecule has 5 nitrogen and oxygen atoms in total. The number of carbonyl (C=O) groups excluding carboxylic acids is 1. The molecule has 23 heavy (non-hydrogen) atoms. The number of nitrogens with zero attached hydrogens (tertiary/aromatic N) is 3. The van der Waals surface area contributed by atoms with Crippen LogP contribution >= 0.6 is 39.0 Å². The van der Waals surface area contributed by atoms with Crippen molar-refractivity contribution in [2.24, 2.45) is 7.05 Å². The molecule has 0 unspecified atom stereocenters. The topological polar surface area (TPSA) is 59.8 Å². The summed E-state index contributed by atoms with van der Waals surface area (Å²) in [6, 6.07) is 11.5. The average Bonchev–Trinajstić information content (AvgIpc) is 3.17. The van der Waals surface area contributed by atoms with Crippen molar-refractivity contribution in [3.63, 3.8) is 0 Å². The SMILES string of the molecule is Cn1c(SCC(=O)Nc2ccc(Br)cc2)nnc1-c1cccs1. The Kier molecular flexibility index (Phi) is 5.14. The van der Waals surface area contributed by atoms with Crippen LogP contribution in [0.2, 0.25) is 0 Å². The molecule has 1 aromatic carbocycles. The van der Waals surface area contributed by atoms with E-state index in [1.165, 1.54) is 11.8 Å². The lowest BCUT2D eigenvalue weighted by Crippen LogP contribution is -2.14. The molecule has 0 aliphatic heterocycles. The van der Waals surface area contributed by atoms with Gasteiger partial charge in [-0.2, -0.15) is 0 Å². The molecule has 0 bridgehead atoms. The van der Waals surface area contributed by atoms with Gasteiger partial charge < -0.3 is 9.88 Å². The zero-order valence-corrected chi connectivity index (χ0v) is 15.4. The lowest BCUT2D eigenvalue weighted by atomic mass is 10.3. The molecule has 0 spiro atoms. The van der Waals surface area contributed by atoms with Crippen molar-refractivity contribution in [2.75, 3.05) is 11.1 Å². The highest BCUT2D eigenvalue weighted by Gasteiger charge is 2.13. The van der Waals surface area contributed by atoms with E-state index in [-0.39, 0.29) is 11.7 Å². The van der Waals surface area contributed by atoms with Gasteiger partial charge in [0.15, 0.2) is 11.0 Å². The molecule has 2 heterocycles. The second-order valence-electron chi connectivity index (χ2n) is 4.69. The van der Waals surface area contributed by atoms with E-state index in [1.807, 2.05) is 53.4 Å². The minimum atomic E-state index is -0.0713. The lowest BCUT2D eigenvalue weighted by Gasteiger charge is -2.05. The van der Waals surface area contributed by atoms with Crippen LogP contribution in [0.1, 0.15) is 0 Å². The van der Waals surface area contributed by atoms with E-state index in [0.717, 1.165) is 26.0 Å². The molecule has 0 atom stereocenters. The summed E-state index contributed by atoms with van der Waals surface area (Å²) in [6.07, 6.45) is 0. The Labute approximate surface area is 150 Å². The van der Waals surface area contributed by atoms with E-state index >= 15 is 0 Å². The molecule has 3 aromatic rings. The minimum absolute atomic E-state index is 0.0713. The first-order chi connectivity index (χ1) is 11.1. The second-order valence-corrected chi connectivity index (χ2v) is 7.49. The Balaban J connectivity index is 1.60. The Morgan fingerprint density at radius 1 is 1.30 bits per heavy atom. The number of anilines is 1. The molecule has 0 radical (unpaired) electrons. The zero-order valence-electron chi connectivity index (χ0n) is 12.2. The van der Waals surface area contributed by atoms with Gasteiger partial charge in [-0.05, 0) is 35.7 Å². The Morgan fingerprint density at radius 3 is 2.78 bits per heavy atom. The maximum absolute atomic E-state index is 12.0. The van der Waals surface area contributed by atoms with E-state index in [9.17, 15) is 4.79 Å². The van der Waals surface area contributed by atoms with E-state index in [4.69, 9.17) is 0 Å². The van der Waals surface area contributed by atoms with Gasteiger partial charge >= 0.3 is 0 Å². The summed E-state index contributed by atoms with van der Waals surface area (Å²) < 4.78 is 2.88. The van der Waals surface area contributed by atoms with Crippen LogP contribution in [0.4, 0.5) is 5.69 Å². The Hall–Kier alpha value is -1.64. The van der Waals surface area contributed by atoms with Gasteiger partial charge in [0.05, 0.1) is 10.6 Å². The molecule has 1 amide bonds. The van der Waals surface area contributed by atoms with Crippen LogP contribution in [0.3, 0.4) is 0 Å². The number of aromatic nitrogens is 3. The second kappa shape index (κ2) is 7.29. The number of thioether (sulfide) groups is 1. The Bertz CT molecular complexity index is 800. The molecule has 8 heteroatoms. The van der Waals surface area contributed by atoms with Crippen molar-refractivity contribution >= 4 is 50.6 Å². The summed E-state index contributed by atoms with van der Waals surface area (Å²) in [7, 11) is 1.91. The predicted molar refractivity (Wildman–Crippen MR) is 97.8 cm³/mol. The van der Waals surface area contributed by atoms with Gasteiger partial charge in [-0.3, -0.25) is 4.79 Å². The number of rotatable bonds is 5. The van der Waals surface area contributed by atoms with Crippen LogP contribution in [0.15, 0.2) is 51.4 Å². The highest BCUT2D eigenvalue weighted by atomic mass is 79.9. The monoisotopic (exact) mass is 408 g/mol. The fraction of sp³-hybridized carbons (Fsp3) is 0.133. The standard InChI is InChI=1S/C15H13BrN4OS2/c1-20-14(12-3-2-8-22-12)18-19-15(20)23-9-13(21)17-11-6-4-10(16)5-7-11/h2-8H,9H2,1H3,(H,17,21). The van der Waals surface area contributed by atoms with Gasteiger partial charge in [0.1, 0.15) is 0 Å². The van der Waals surface area contributed by atoms with Crippen LogP contribution in [-0.4, -0.2) is 26.4 Å². The number of halogens is 1. The summed E-state index contributed by atoms with van der Waals surface area (Å²) in [5.41, 5.74) is 0.774. The van der Waals surface area contributed by atoms with Crippen molar-refractivity contribution in [1.29, 1.82) is 0 Å². The van der Waals surface area contributed by atoms with Gasteiger partial charge in [0, 0.05) is 17.2 Å². The number of thiophene rings is 1. The number of nitrogens with one attached hydrogen (secondary N) is 1. The molecule has 0 aliphatic carbocycles. The van der Waals surface area contributed by atoms with E-state index in [1.54, 1.807) is 11.3 Å². The molecular weight excluding hydrogens is 396 g/mol. The molecule has 0 aliphatic rings. The molecule has 0 saturated carbocycles. The third-order valence-corrected chi connectivity index (χ3v) is 5.45. The first kappa shape index (κ1) is 16.2. The number of amides is 1. The molecule has 3 rings (SSSR count). The van der Waals surface area contributed by atoms with E-state index < -0.39 is 0 Å². The van der Waals surface area contributed by atoms with Crippen LogP contribution in [0.5, 0.6) is 0 Å². The van der Waals surface area contributed by atoms with Crippen molar-refractivity contribution in [3.05, 3.63) is 46.3 Å². The Morgan fingerprint density at radius 2 is 2.09 bits per heavy atom. The number of carbonyl (C=O) groups is 1. The van der Waals surface area contributed by atoms with Gasteiger partial charge in [0.25, 0.3) is 0 Å². The van der Waals surface area contributed by atoms with Crippen molar-refractivity contribution in [1.82, 2.24) is 14.8 Å². The van der Waals surface area contributed by atoms with Crippen molar-refractivity contribution in [3.8, 4) is 10.7 Å². The van der Waals surface area contributed by atoms with Crippen LogP contribution in [0.25, 0.3) is 10.7 Å². The third-order valence-electron chi connectivity index (χ3n) is 3.04. The van der Waals surface area contributed by atoms with E-state index in [2.05, 4.69) is 31.4 Å². The van der Waals surface area contributed by atoms with Gasteiger partial charge in [-0.15, -0.1) is 21.5 Å². The van der Waals surface area contributed by atoms with Crippen molar-refractivity contribution in [2.45, 2.75) is 5.16 Å². The maximum Gasteiger partial charge on any atom is 0.234 e. The summed E-state index contributed by atoms with van der Waals surface area (Å²) in [5.74, 6) is 1.03. The summed E-state index contributed by atoms with van der Waals surface area (Å²) in [5, 5.41) is 13.9. The van der Waals surface area contributed by atoms with Crippen LogP contribution in [-0.2, 0) is 11.8 Å². The fourth-order valence-corrected chi connectivity index (χ4v) is 3.64. The van der Waals surface area contributed by atoms with Gasteiger partial charge in [-0.25, -0.2) is 0 Å². The number of benzene rings is 1. The average molecular weight is 409 g/mol. The van der Waals surface area contributed by atoms with E-state index in [0.29, 0.717) is 0 Å². The maximum atomic E-state index is 12.0. The zero-order chi connectivity index (χ0) is 16.2. The molecular formula is C15H13BrN4OS2. The van der Waals surface area contributed by atoms with Crippen molar-refractivity contribution < 1.29 is 4.79 Å². The fourth-order valence-electron chi connectivity index (χ4n) is 1.92. The predicted octanol–water partition coefficient (Wildman–Crippen LogP) is 4.04. The molecule has 0 fully saturated rings. The summed E-state index contributed by atoms with van der Waals surface area (Å²) >= 11 is 6.35. The normalized spacial score (nSPS) is 10.7. The van der Waals surface area contributed by atoms with Gasteiger partial charge in [0.2, 0.25) is 5.91 Å². The first-order valence-electron chi connectivity index (χ1n) is 6.75. The third kappa shape index (κ3) is 4.01. The molecule has 0 saturated heterocycles. The molecule has 2 aromatic heterocycles. The molecule has 118 valence electrons. The summed E-state index contributed by atoms with van der Waals surface area (Å²) in [4.78, 5) is 13.1. The number of hydrogen-bond donors (Lipinski definition) is 1. The van der Waals surface area contributed by atoms with Crippen LogP contribution in [0, 0.1) is 0 Å². The van der Waals surface area contributed by atoms with Crippen LogP contribution < -0.4 is 5.32 Å².